The molecule has 1 heterocycles. The van der Waals surface area contributed by atoms with Crippen LogP contribution in [0, 0.1) is 13.8 Å². The highest BCUT2D eigenvalue weighted by Gasteiger charge is 2.17. The van der Waals surface area contributed by atoms with E-state index in [2.05, 4.69) is 11.9 Å². The topological polar surface area (TPSA) is 78.6 Å². The summed E-state index contributed by atoms with van der Waals surface area (Å²) in [4.78, 5) is 4.65. The fraction of sp³-hybridized carbons (Fsp3) is 0.348. The molecule has 7 heteroatoms. The maximum absolute atomic E-state index is 12.3. The number of aryl methyl sites for hydroxylation is 2. The molecule has 0 saturated heterocycles. The molecule has 0 spiro atoms. The molecule has 6 nitrogen and oxygen atoms in total. The number of aromatic nitrogens is 1. The third kappa shape index (κ3) is 5.70. The third-order valence-electron chi connectivity index (χ3n) is 4.65. The average molecular weight is 430 g/mol. The summed E-state index contributed by atoms with van der Waals surface area (Å²) in [6.07, 6.45) is 2.44. The van der Waals surface area contributed by atoms with Gasteiger partial charge in [0.05, 0.1) is 23.8 Å². The van der Waals surface area contributed by atoms with E-state index in [0.29, 0.717) is 30.4 Å². The Morgan fingerprint density at radius 1 is 0.967 bits per heavy atom. The van der Waals surface area contributed by atoms with Crippen LogP contribution in [-0.4, -0.2) is 26.6 Å². The molecule has 0 aliphatic rings. The highest BCUT2D eigenvalue weighted by Crippen LogP contribution is 2.25. The van der Waals surface area contributed by atoms with Gasteiger partial charge in [-0.3, -0.25) is 4.18 Å². The van der Waals surface area contributed by atoms with Gasteiger partial charge in [0, 0.05) is 12.0 Å². The van der Waals surface area contributed by atoms with E-state index in [1.807, 2.05) is 38.1 Å². The molecule has 0 fully saturated rings. The summed E-state index contributed by atoms with van der Waals surface area (Å²) in [6.45, 7) is 6.52. The fourth-order valence-electron chi connectivity index (χ4n) is 2.83. The van der Waals surface area contributed by atoms with E-state index in [1.54, 1.807) is 24.3 Å². The van der Waals surface area contributed by atoms with Gasteiger partial charge in [-0.15, -0.1) is 0 Å². The van der Waals surface area contributed by atoms with Gasteiger partial charge in [-0.1, -0.05) is 31.0 Å². The van der Waals surface area contributed by atoms with Crippen LogP contribution in [0.3, 0.4) is 0 Å². The van der Waals surface area contributed by atoms with E-state index in [0.717, 1.165) is 29.7 Å². The Morgan fingerprint density at radius 3 is 2.33 bits per heavy atom. The largest absolute Gasteiger partial charge is 0.494 e. The first-order valence-corrected chi connectivity index (χ1v) is 11.5. The molecule has 3 rings (SSSR count). The van der Waals surface area contributed by atoms with Crippen LogP contribution >= 0.6 is 0 Å². The van der Waals surface area contributed by atoms with E-state index in [4.69, 9.17) is 13.3 Å². The third-order valence-corrected chi connectivity index (χ3v) is 5.97. The van der Waals surface area contributed by atoms with Crippen LogP contribution in [0.15, 0.2) is 57.8 Å². The maximum Gasteiger partial charge on any atom is 0.296 e. The number of hydrogen-bond donors (Lipinski definition) is 0. The van der Waals surface area contributed by atoms with Gasteiger partial charge in [0.1, 0.15) is 11.5 Å². The van der Waals surface area contributed by atoms with Gasteiger partial charge < -0.3 is 9.15 Å². The molecule has 0 aliphatic carbocycles. The lowest BCUT2D eigenvalue weighted by atomic mass is 10.2. The van der Waals surface area contributed by atoms with Gasteiger partial charge in [-0.25, -0.2) is 4.98 Å². The van der Waals surface area contributed by atoms with Crippen LogP contribution in [0.2, 0.25) is 0 Å². The fourth-order valence-corrected chi connectivity index (χ4v) is 3.74. The normalized spacial score (nSPS) is 11.6. The van der Waals surface area contributed by atoms with Crippen LogP contribution in [-0.2, 0) is 20.7 Å². The van der Waals surface area contributed by atoms with Crippen LogP contribution in [0.25, 0.3) is 11.5 Å². The standard InChI is InChI=1S/C23H27NO5S/c1-4-5-15-27-20-10-8-19(9-11-20)23-24-22(18(3)29-23)14-16-28-30(25,26)21-12-6-17(2)7-13-21/h6-13H,4-5,14-16H2,1-3H3. The predicted octanol–water partition coefficient (Wildman–Crippen LogP) is 5.09. The van der Waals surface area contributed by atoms with Crippen molar-refractivity contribution in [3.8, 4) is 17.2 Å². The van der Waals surface area contributed by atoms with Gasteiger partial charge in [-0.2, -0.15) is 8.42 Å². The SMILES string of the molecule is CCCCOc1ccc(-c2nc(CCOS(=O)(=O)c3ccc(C)cc3)c(C)o2)cc1. The first kappa shape index (κ1) is 22.1. The van der Waals surface area contributed by atoms with Crippen molar-refractivity contribution in [1.29, 1.82) is 0 Å². The highest BCUT2D eigenvalue weighted by atomic mass is 32.2. The van der Waals surface area contributed by atoms with Crippen molar-refractivity contribution < 1.29 is 21.8 Å². The summed E-state index contributed by atoms with van der Waals surface area (Å²) in [5, 5.41) is 0. The van der Waals surface area contributed by atoms with Crippen molar-refractivity contribution in [2.24, 2.45) is 0 Å². The van der Waals surface area contributed by atoms with E-state index in [9.17, 15) is 8.42 Å². The summed E-state index contributed by atoms with van der Waals surface area (Å²) in [6, 6.07) is 14.1. The molecular weight excluding hydrogens is 402 g/mol. The summed E-state index contributed by atoms with van der Waals surface area (Å²) < 4.78 is 41.2. The van der Waals surface area contributed by atoms with Crippen LogP contribution in [0.4, 0.5) is 0 Å². The van der Waals surface area contributed by atoms with Crippen molar-refractivity contribution in [2.45, 2.75) is 44.9 Å². The zero-order valence-corrected chi connectivity index (χ0v) is 18.4. The summed E-state index contributed by atoms with van der Waals surface area (Å²) in [5.74, 6) is 1.94. The van der Waals surface area contributed by atoms with E-state index in [-0.39, 0.29) is 11.5 Å². The second-order valence-electron chi connectivity index (χ2n) is 7.09. The molecule has 0 saturated carbocycles. The first-order valence-electron chi connectivity index (χ1n) is 10.0. The minimum Gasteiger partial charge on any atom is -0.494 e. The molecule has 30 heavy (non-hydrogen) atoms. The zero-order chi connectivity index (χ0) is 21.6. The second kappa shape index (κ2) is 9.91. The summed E-state index contributed by atoms with van der Waals surface area (Å²) >= 11 is 0. The Hall–Kier alpha value is -2.64. The molecule has 3 aromatic rings. The molecule has 2 aromatic carbocycles. The van der Waals surface area contributed by atoms with Gasteiger partial charge in [0.25, 0.3) is 10.1 Å². The van der Waals surface area contributed by atoms with Crippen molar-refractivity contribution >= 4 is 10.1 Å². The van der Waals surface area contributed by atoms with Crippen molar-refractivity contribution in [3.63, 3.8) is 0 Å². The van der Waals surface area contributed by atoms with Crippen LogP contribution < -0.4 is 4.74 Å². The smallest absolute Gasteiger partial charge is 0.296 e. The van der Waals surface area contributed by atoms with Gasteiger partial charge >= 0.3 is 0 Å². The van der Waals surface area contributed by atoms with Crippen LogP contribution in [0.5, 0.6) is 5.75 Å². The van der Waals surface area contributed by atoms with E-state index >= 15 is 0 Å². The molecular formula is C23H27NO5S. The Morgan fingerprint density at radius 2 is 1.67 bits per heavy atom. The summed E-state index contributed by atoms with van der Waals surface area (Å²) in [7, 11) is -3.79. The number of rotatable bonds is 10. The highest BCUT2D eigenvalue weighted by molar-refractivity contribution is 7.86. The van der Waals surface area contributed by atoms with Crippen molar-refractivity contribution in [1.82, 2.24) is 4.98 Å². The number of nitrogens with zero attached hydrogens (tertiary/aromatic N) is 1. The Labute approximate surface area is 178 Å². The monoisotopic (exact) mass is 429 g/mol. The average Bonchev–Trinajstić information content (AvgIpc) is 3.09. The molecule has 0 bridgehead atoms. The number of unbranched alkanes of at least 4 members (excludes halogenated alkanes) is 1. The summed E-state index contributed by atoms with van der Waals surface area (Å²) in [5.41, 5.74) is 2.49. The quantitative estimate of drug-likeness (QED) is 0.330. The molecule has 160 valence electrons. The van der Waals surface area contributed by atoms with Crippen LogP contribution in [0.1, 0.15) is 36.8 Å². The second-order valence-corrected chi connectivity index (χ2v) is 8.70. The van der Waals surface area contributed by atoms with Gasteiger partial charge in [-0.05, 0) is 56.7 Å². The number of oxazole rings is 1. The molecule has 0 atom stereocenters. The van der Waals surface area contributed by atoms with Gasteiger partial charge in [0.15, 0.2) is 0 Å². The molecule has 0 N–H and O–H groups in total. The van der Waals surface area contributed by atoms with Crippen molar-refractivity contribution in [3.05, 3.63) is 65.5 Å². The number of hydrogen-bond acceptors (Lipinski definition) is 6. The Balaban J connectivity index is 1.60. The minimum absolute atomic E-state index is 0.00672. The predicted molar refractivity (Wildman–Crippen MR) is 115 cm³/mol. The zero-order valence-electron chi connectivity index (χ0n) is 17.6. The van der Waals surface area contributed by atoms with Gasteiger partial charge in [0.2, 0.25) is 5.89 Å². The number of ether oxygens (including phenoxy) is 1. The minimum atomic E-state index is -3.79. The Kier molecular flexibility index (Phi) is 7.29. The lowest BCUT2D eigenvalue weighted by molar-refractivity contribution is 0.309. The number of benzene rings is 2. The molecule has 0 amide bonds. The van der Waals surface area contributed by atoms with Crippen molar-refractivity contribution in [2.75, 3.05) is 13.2 Å². The molecule has 1 aromatic heterocycles. The lowest BCUT2D eigenvalue weighted by Crippen LogP contribution is -2.09. The van der Waals surface area contributed by atoms with E-state index < -0.39 is 10.1 Å². The molecule has 0 unspecified atom stereocenters. The molecule has 0 radical (unpaired) electrons. The lowest BCUT2D eigenvalue weighted by Gasteiger charge is -2.05. The van der Waals surface area contributed by atoms with E-state index in [1.165, 1.54) is 0 Å². The molecule has 0 aliphatic heterocycles. The maximum atomic E-state index is 12.3. The first-order chi connectivity index (χ1) is 14.4. The Bertz CT molecular complexity index is 1050.